The van der Waals surface area contributed by atoms with E-state index in [1.165, 1.54) is 14.1 Å². The molecule has 1 aromatic heterocycles. The summed E-state index contributed by atoms with van der Waals surface area (Å²) in [5.74, 6) is 0. The van der Waals surface area contributed by atoms with Crippen LogP contribution in [0.15, 0.2) is 24.5 Å². The zero-order valence-corrected chi connectivity index (χ0v) is 9.82. The summed E-state index contributed by atoms with van der Waals surface area (Å²) < 4.78 is 26.7. The minimum absolute atomic E-state index is 0.286. The molecule has 5 nitrogen and oxygen atoms in total. The maximum absolute atomic E-state index is 11.5. The van der Waals surface area contributed by atoms with Crippen LogP contribution >= 0.6 is 0 Å². The molecule has 0 saturated heterocycles. The highest BCUT2D eigenvalue weighted by Gasteiger charge is 2.17. The summed E-state index contributed by atoms with van der Waals surface area (Å²) in [4.78, 5) is 3.93. The predicted molar refractivity (Wildman–Crippen MR) is 58.4 cm³/mol. The molecule has 0 aliphatic rings. The molecule has 1 heterocycles. The molecule has 0 radical (unpaired) electrons. The first-order chi connectivity index (χ1) is 6.93. The number of rotatable bonds is 4. The van der Waals surface area contributed by atoms with Crippen molar-refractivity contribution < 1.29 is 8.42 Å². The van der Waals surface area contributed by atoms with E-state index < -0.39 is 10.2 Å². The third kappa shape index (κ3) is 3.26. The van der Waals surface area contributed by atoms with E-state index >= 15 is 0 Å². The maximum atomic E-state index is 11.5. The molecule has 1 N–H and O–H groups in total. The van der Waals surface area contributed by atoms with Gasteiger partial charge >= 0.3 is 0 Å². The molecule has 0 bridgehead atoms. The van der Waals surface area contributed by atoms with Crippen molar-refractivity contribution in [1.82, 2.24) is 14.0 Å². The molecule has 15 heavy (non-hydrogen) atoms. The fraction of sp³-hybridized carbons (Fsp3) is 0.444. The Balaban J connectivity index is 2.77. The van der Waals surface area contributed by atoms with Gasteiger partial charge < -0.3 is 0 Å². The molecule has 0 amide bonds. The molecule has 84 valence electrons. The van der Waals surface area contributed by atoms with Crippen LogP contribution in [-0.2, 0) is 10.2 Å². The fourth-order valence-corrected chi connectivity index (χ4v) is 1.82. The Morgan fingerprint density at radius 2 is 2.13 bits per heavy atom. The monoisotopic (exact) mass is 229 g/mol. The van der Waals surface area contributed by atoms with Crippen LogP contribution in [0.25, 0.3) is 0 Å². The van der Waals surface area contributed by atoms with E-state index in [-0.39, 0.29) is 6.04 Å². The van der Waals surface area contributed by atoms with Gasteiger partial charge in [0.25, 0.3) is 10.2 Å². The summed E-state index contributed by atoms with van der Waals surface area (Å²) in [7, 11) is -0.421. The second-order valence-corrected chi connectivity index (χ2v) is 5.33. The number of pyridine rings is 1. The summed E-state index contributed by atoms with van der Waals surface area (Å²) in [5.41, 5.74) is 0.836. The lowest BCUT2D eigenvalue weighted by atomic mass is 10.2. The Labute approximate surface area is 90.3 Å². The van der Waals surface area contributed by atoms with Gasteiger partial charge in [-0.25, -0.2) is 0 Å². The Hall–Kier alpha value is -0.980. The van der Waals surface area contributed by atoms with Gasteiger partial charge in [-0.3, -0.25) is 4.98 Å². The standard InChI is InChI=1S/C9H15N3O2S/c1-8(9-5-4-6-10-7-9)11-15(13,14)12(2)3/h4-8,11H,1-3H3. The number of aromatic nitrogens is 1. The average molecular weight is 229 g/mol. The van der Waals surface area contributed by atoms with Crippen molar-refractivity contribution in [3.05, 3.63) is 30.1 Å². The zero-order chi connectivity index (χ0) is 11.5. The van der Waals surface area contributed by atoms with E-state index in [1.807, 2.05) is 6.07 Å². The van der Waals surface area contributed by atoms with Crippen LogP contribution in [0.2, 0.25) is 0 Å². The van der Waals surface area contributed by atoms with Crippen molar-refractivity contribution in [2.45, 2.75) is 13.0 Å². The van der Waals surface area contributed by atoms with Gasteiger partial charge in [0.2, 0.25) is 0 Å². The van der Waals surface area contributed by atoms with Crippen LogP contribution in [0.3, 0.4) is 0 Å². The first kappa shape index (κ1) is 12.1. The van der Waals surface area contributed by atoms with Crippen LogP contribution in [0.1, 0.15) is 18.5 Å². The first-order valence-corrected chi connectivity index (χ1v) is 5.97. The van der Waals surface area contributed by atoms with Gasteiger partial charge in [0, 0.05) is 32.5 Å². The molecule has 6 heteroatoms. The Bertz CT molecular complexity index is 403. The predicted octanol–water partition coefficient (Wildman–Crippen LogP) is 0.539. The summed E-state index contributed by atoms with van der Waals surface area (Å²) in [6.45, 7) is 1.78. The number of nitrogens with zero attached hydrogens (tertiary/aromatic N) is 2. The molecule has 0 fully saturated rings. The largest absolute Gasteiger partial charge is 0.279 e. The number of hydrogen-bond donors (Lipinski definition) is 1. The van der Waals surface area contributed by atoms with Crippen LogP contribution in [-0.4, -0.2) is 31.8 Å². The van der Waals surface area contributed by atoms with E-state index in [9.17, 15) is 8.42 Å². The summed E-state index contributed by atoms with van der Waals surface area (Å²) in [6, 6.07) is 3.32. The SMILES string of the molecule is CC(NS(=O)(=O)N(C)C)c1cccnc1. The van der Waals surface area contributed by atoms with Crippen LogP contribution in [0.4, 0.5) is 0 Å². The lowest BCUT2D eigenvalue weighted by molar-refractivity contribution is 0.494. The first-order valence-electron chi connectivity index (χ1n) is 4.53. The quantitative estimate of drug-likeness (QED) is 0.819. The molecule has 1 aromatic rings. The molecule has 0 aromatic carbocycles. The minimum atomic E-state index is -3.39. The van der Waals surface area contributed by atoms with E-state index in [0.29, 0.717) is 0 Å². The van der Waals surface area contributed by atoms with Crippen molar-refractivity contribution >= 4 is 10.2 Å². The molecule has 0 aliphatic heterocycles. The molecule has 1 rings (SSSR count). The fourth-order valence-electron chi connectivity index (χ4n) is 1.03. The van der Waals surface area contributed by atoms with Gasteiger partial charge in [-0.15, -0.1) is 0 Å². The van der Waals surface area contributed by atoms with Gasteiger partial charge in [0.05, 0.1) is 0 Å². The van der Waals surface area contributed by atoms with Crippen molar-refractivity contribution in [3.8, 4) is 0 Å². The number of hydrogen-bond acceptors (Lipinski definition) is 3. The van der Waals surface area contributed by atoms with Crippen molar-refractivity contribution in [2.24, 2.45) is 0 Å². The van der Waals surface area contributed by atoms with Gasteiger partial charge in [-0.1, -0.05) is 6.07 Å². The van der Waals surface area contributed by atoms with Gasteiger partial charge in [-0.2, -0.15) is 17.4 Å². The molecular formula is C9H15N3O2S. The van der Waals surface area contributed by atoms with E-state index in [4.69, 9.17) is 0 Å². The zero-order valence-electron chi connectivity index (χ0n) is 9.01. The topological polar surface area (TPSA) is 62.3 Å². The van der Waals surface area contributed by atoms with Gasteiger partial charge in [-0.05, 0) is 18.6 Å². The van der Waals surface area contributed by atoms with Crippen molar-refractivity contribution in [1.29, 1.82) is 0 Å². The summed E-state index contributed by atoms with van der Waals surface area (Å²) >= 11 is 0. The normalized spacial score (nSPS) is 14.1. The Kier molecular flexibility index (Phi) is 3.78. The smallest absolute Gasteiger partial charge is 0.264 e. The molecular weight excluding hydrogens is 214 g/mol. The second-order valence-electron chi connectivity index (χ2n) is 3.41. The highest BCUT2D eigenvalue weighted by Crippen LogP contribution is 2.11. The van der Waals surface area contributed by atoms with Gasteiger partial charge in [0.1, 0.15) is 0 Å². The van der Waals surface area contributed by atoms with Crippen LogP contribution in [0.5, 0.6) is 0 Å². The second kappa shape index (κ2) is 4.69. The lowest BCUT2D eigenvalue weighted by Crippen LogP contribution is -2.37. The summed E-state index contributed by atoms with van der Waals surface area (Å²) in [5, 5.41) is 0. The molecule has 1 atom stereocenters. The van der Waals surface area contributed by atoms with E-state index in [1.54, 1.807) is 25.4 Å². The average Bonchev–Trinajstić information content (AvgIpc) is 2.18. The van der Waals surface area contributed by atoms with Crippen LogP contribution < -0.4 is 4.72 Å². The third-order valence-electron chi connectivity index (χ3n) is 1.99. The van der Waals surface area contributed by atoms with Crippen molar-refractivity contribution in [2.75, 3.05) is 14.1 Å². The Morgan fingerprint density at radius 1 is 1.47 bits per heavy atom. The lowest BCUT2D eigenvalue weighted by Gasteiger charge is -2.17. The third-order valence-corrected chi connectivity index (χ3v) is 3.60. The maximum Gasteiger partial charge on any atom is 0.279 e. The Morgan fingerprint density at radius 3 is 2.60 bits per heavy atom. The van der Waals surface area contributed by atoms with Gasteiger partial charge in [0.15, 0.2) is 0 Å². The molecule has 1 unspecified atom stereocenters. The minimum Gasteiger partial charge on any atom is -0.264 e. The van der Waals surface area contributed by atoms with Crippen molar-refractivity contribution in [3.63, 3.8) is 0 Å². The van der Waals surface area contributed by atoms with E-state index in [0.717, 1.165) is 9.87 Å². The highest BCUT2D eigenvalue weighted by atomic mass is 32.2. The summed E-state index contributed by atoms with van der Waals surface area (Å²) in [6.07, 6.45) is 3.29. The number of nitrogens with one attached hydrogen (secondary N) is 1. The van der Waals surface area contributed by atoms with Crippen LogP contribution in [0, 0.1) is 0 Å². The molecule has 0 spiro atoms. The molecule has 0 saturated carbocycles. The van der Waals surface area contributed by atoms with E-state index in [2.05, 4.69) is 9.71 Å². The highest BCUT2D eigenvalue weighted by molar-refractivity contribution is 7.87. The molecule has 0 aliphatic carbocycles.